The van der Waals surface area contributed by atoms with Crippen molar-refractivity contribution < 1.29 is 66.9 Å². The summed E-state index contributed by atoms with van der Waals surface area (Å²) < 4.78 is 77.0. The van der Waals surface area contributed by atoms with Gasteiger partial charge in [-0.15, -0.1) is 20.5 Å². The molecule has 4 heterocycles. The minimum absolute atomic E-state index is 1.01. The van der Waals surface area contributed by atoms with Gasteiger partial charge in [-0.05, 0) is 48.5 Å². The molecule has 394 valence electrons. The Morgan fingerprint density at radius 1 is 0.359 bits per heavy atom. The number of fused-ring (bicyclic) bond motifs is 4. The van der Waals surface area contributed by atoms with Crippen LogP contribution in [-0.2, 0) is 14.1 Å². The first-order valence-electron chi connectivity index (χ1n) is 23.8. The van der Waals surface area contributed by atoms with Gasteiger partial charge in [-0.1, -0.05) is 158 Å². The number of aromatic nitrogens is 2. The van der Waals surface area contributed by atoms with E-state index in [0.717, 1.165) is 89.8 Å². The Morgan fingerprint density at radius 2 is 0.615 bits per heavy atom. The summed E-state index contributed by atoms with van der Waals surface area (Å²) in [6, 6.07) is 76.3. The lowest BCUT2D eigenvalue weighted by atomic mass is 10.0. The molecule has 0 unspecified atom stereocenters. The van der Waals surface area contributed by atoms with E-state index in [1.165, 1.54) is 22.4 Å². The summed E-state index contributed by atoms with van der Waals surface area (Å²) in [4.78, 5) is 10.9. The van der Waals surface area contributed by atoms with Gasteiger partial charge in [0.1, 0.15) is 25.5 Å². The molecule has 0 fully saturated rings. The molecule has 0 saturated heterocycles. The number of hydrogen-bond donors (Lipinski definition) is 0. The van der Waals surface area contributed by atoms with Crippen molar-refractivity contribution in [3.63, 3.8) is 0 Å². The molecule has 0 radical (unpaired) electrons. The normalized spacial score (nSPS) is 13.7. The SMILES string of the molecule is Cn1c(-c2ccccc2)c(N=C2C(c3ccccc3)=[N+](C)c3ccccc32)c2ccccc21.Cn1c(-c2ccccc2)c(N=C2C(c3ccccc3)=[N+](C)c3ccccc32)c2ccccc21.II.[O-][Cl+3]([O-])([O-])[O-].[O-][Cl+3]([O-])([O-])[O-]. The van der Waals surface area contributed by atoms with Crippen molar-refractivity contribution >= 4 is 105 Å². The van der Waals surface area contributed by atoms with E-state index in [2.05, 4.69) is 302 Å². The quantitative estimate of drug-likeness (QED) is 0.147. The van der Waals surface area contributed by atoms with Crippen molar-refractivity contribution in [2.45, 2.75) is 0 Å². The summed E-state index contributed by atoms with van der Waals surface area (Å²) in [6.45, 7) is 0. The molecule has 8 aromatic carbocycles. The first kappa shape index (κ1) is 57.4. The Labute approximate surface area is 478 Å². The number of benzene rings is 8. The number of hydrogen-bond acceptors (Lipinski definition) is 10. The van der Waals surface area contributed by atoms with E-state index < -0.39 is 20.5 Å². The molecule has 0 atom stereocenters. The zero-order valence-corrected chi connectivity index (χ0v) is 48.1. The molecular weight excluding hydrogens is 1260 g/mol. The summed E-state index contributed by atoms with van der Waals surface area (Å²) in [7, 11) is -1.37. The predicted octanol–water partition coefficient (Wildman–Crippen LogP) is 5.75. The fourth-order valence-electron chi connectivity index (χ4n) is 9.87. The highest BCUT2D eigenvalue weighted by atomic mass is 128. The third-order valence-corrected chi connectivity index (χ3v) is 13.0. The highest BCUT2D eigenvalue weighted by molar-refractivity contribution is 15.0. The van der Waals surface area contributed by atoms with Crippen molar-refractivity contribution in [3.05, 3.63) is 241 Å². The number of rotatable bonds is 6. The number of aliphatic imine (C=N–C) groups is 2. The lowest BCUT2D eigenvalue weighted by molar-refractivity contribution is -2.00. The Kier molecular flexibility index (Phi) is 18.7. The van der Waals surface area contributed by atoms with Gasteiger partial charge in [-0.3, -0.25) is 0 Å². The molecule has 0 saturated carbocycles. The molecule has 2 aromatic heterocycles. The molecule has 78 heavy (non-hydrogen) atoms. The van der Waals surface area contributed by atoms with Crippen molar-refractivity contribution in [3.8, 4) is 22.5 Å². The van der Waals surface area contributed by atoms with Crippen LogP contribution >= 0.6 is 37.2 Å². The van der Waals surface area contributed by atoms with Gasteiger partial charge in [0.05, 0.1) is 44.9 Å². The third-order valence-electron chi connectivity index (χ3n) is 13.0. The maximum absolute atomic E-state index is 8.49. The van der Waals surface area contributed by atoms with Crippen LogP contribution in [-0.4, -0.2) is 55.2 Å². The molecule has 12 rings (SSSR count). The second kappa shape index (κ2) is 25.4. The maximum Gasteiger partial charge on any atom is 0.239 e. The number of para-hydroxylation sites is 4. The van der Waals surface area contributed by atoms with Gasteiger partial charge in [-0.25, -0.2) is 47.3 Å². The molecule has 2 aliphatic heterocycles. The standard InChI is InChI=1S/2C30H24N3.2ClHO4.I2/c2*1-32-25-19-11-9-17-23(25)27(29(32)21-13-5-3-6-14-21)31-28-24-18-10-12-20-26(24)33(2)30(28)22-15-7-4-8-16-22;2*2-1(3,4)5;1-2/h2*3-20H,1-2H3;2*(H,2,3,4,5);/q2*+1;;;/p-2. The molecule has 0 aliphatic carbocycles. The first-order valence-corrected chi connectivity index (χ1v) is 32.6. The van der Waals surface area contributed by atoms with Gasteiger partial charge in [0.25, 0.3) is 0 Å². The van der Waals surface area contributed by atoms with E-state index in [9.17, 15) is 0 Å². The highest BCUT2D eigenvalue weighted by Crippen LogP contribution is 2.43. The molecule has 18 heteroatoms. The fourth-order valence-corrected chi connectivity index (χ4v) is 9.87. The lowest BCUT2D eigenvalue weighted by Gasteiger charge is -2.17. The van der Waals surface area contributed by atoms with E-state index in [0.29, 0.717) is 0 Å². The smallest absolute Gasteiger partial charge is 0.239 e. The molecule has 0 bridgehead atoms. The van der Waals surface area contributed by atoms with Crippen molar-refractivity contribution in [2.75, 3.05) is 14.1 Å². The Balaban J connectivity index is 0.000000171. The van der Waals surface area contributed by atoms with Crippen molar-refractivity contribution in [2.24, 2.45) is 24.1 Å². The fraction of sp³-hybridized carbons (Fsp3) is 0.0667. The van der Waals surface area contributed by atoms with Gasteiger partial charge < -0.3 is 9.13 Å². The average Bonchev–Trinajstić information content (AvgIpc) is 4.22. The second-order valence-electron chi connectivity index (χ2n) is 17.5. The molecular formula is C60H48Cl2I2N6O8. The van der Waals surface area contributed by atoms with Crippen molar-refractivity contribution in [1.29, 1.82) is 0 Å². The van der Waals surface area contributed by atoms with Gasteiger partial charge >= 0.3 is 0 Å². The van der Waals surface area contributed by atoms with Crippen LogP contribution in [0.5, 0.6) is 0 Å². The van der Waals surface area contributed by atoms with Crippen LogP contribution in [0, 0.1) is 20.5 Å². The monoisotopic (exact) mass is 1300 g/mol. The van der Waals surface area contributed by atoms with E-state index in [1.54, 1.807) is 0 Å². The topological polar surface area (TPSA) is 225 Å². The van der Waals surface area contributed by atoms with Crippen LogP contribution in [0.1, 0.15) is 22.3 Å². The molecule has 0 spiro atoms. The van der Waals surface area contributed by atoms with Crippen LogP contribution in [0.2, 0.25) is 0 Å². The van der Waals surface area contributed by atoms with Crippen LogP contribution in [0.15, 0.2) is 228 Å². The molecule has 10 aromatic rings. The highest BCUT2D eigenvalue weighted by Gasteiger charge is 2.37. The first-order chi connectivity index (χ1) is 37.5. The Bertz CT molecular complexity index is 3600. The van der Waals surface area contributed by atoms with Crippen LogP contribution < -0.4 is 37.3 Å². The predicted molar refractivity (Wildman–Crippen MR) is 303 cm³/mol. The summed E-state index contributed by atoms with van der Waals surface area (Å²) in [5, 5.41) is 2.32. The van der Waals surface area contributed by atoms with E-state index in [1.807, 2.05) is 0 Å². The molecule has 0 amide bonds. The van der Waals surface area contributed by atoms with Gasteiger partial charge in [0.15, 0.2) is 0 Å². The zero-order chi connectivity index (χ0) is 55.7. The summed E-state index contributed by atoms with van der Waals surface area (Å²) >= 11 is 4.24. The third kappa shape index (κ3) is 13.0. The summed E-state index contributed by atoms with van der Waals surface area (Å²) in [5.41, 5.74) is 20.2. The number of halogens is 4. The zero-order valence-electron chi connectivity index (χ0n) is 42.2. The minimum atomic E-state index is -4.94. The molecule has 0 N–H and O–H groups in total. The van der Waals surface area contributed by atoms with Gasteiger partial charge in [0.2, 0.25) is 22.8 Å². The van der Waals surface area contributed by atoms with E-state index in [4.69, 9.17) is 47.3 Å². The second-order valence-corrected chi connectivity index (χ2v) is 19.0. The Hall–Kier alpha value is -6.76. The number of nitrogens with zero attached hydrogens (tertiary/aromatic N) is 6. The van der Waals surface area contributed by atoms with Crippen LogP contribution in [0.3, 0.4) is 0 Å². The summed E-state index contributed by atoms with van der Waals surface area (Å²) in [6.07, 6.45) is 0. The minimum Gasteiger partial charge on any atom is -0.342 e. The Morgan fingerprint density at radius 3 is 0.936 bits per heavy atom. The van der Waals surface area contributed by atoms with Crippen molar-refractivity contribution in [1.82, 2.24) is 9.13 Å². The van der Waals surface area contributed by atoms with Crippen LogP contribution in [0.25, 0.3) is 44.3 Å². The average molecular weight is 1310 g/mol. The van der Waals surface area contributed by atoms with E-state index >= 15 is 0 Å². The lowest BCUT2D eigenvalue weighted by Crippen LogP contribution is -2.68. The number of aryl methyl sites for hydroxylation is 2. The van der Waals surface area contributed by atoms with Gasteiger partial charge in [0, 0.05) is 96.5 Å². The largest absolute Gasteiger partial charge is 0.342 e. The maximum atomic E-state index is 8.49. The van der Waals surface area contributed by atoms with Crippen LogP contribution in [0.4, 0.5) is 22.7 Å². The van der Waals surface area contributed by atoms with Gasteiger partial charge in [-0.2, -0.15) is 9.15 Å². The molecule has 2 aliphatic rings. The summed E-state index contributed by atoms with van der Waals surface area (Å²) in [5.74, 6) is 0. The molecule has 14 nitrogen and oxygen atoms in total. The van der Waals surface area contributed by atoms with E-state index in [-0.39, 0.29) is 0 Å².